The molecule has 1 heteroatoms. The average molecular weight is 179 g/mol. The molecule has 1 fully saturated rings. The highest BCUT2D eigenvalue weighted by atomic mass is 15.1. The van der Waals surface area contributed by atoms with Crippen LogP contribution in [-0.2, 0) is 0 Å². The second-order valence-corrected chi connectivity index (χ2v) is 5.14. The number of rotatable bonds is 1. The van der Waals surface area contributed by atoms with Crippen LogP contribution >= 0.6 is 0 Å². The molecule has 1 atom stereocenters. The van der Waals surface area contributed by atoms with Gasteiger partial charge in [-0.3, -0.25) is 4.90 Å². The standard InChI is InChI=1S/C12H21N/c1-5-8-13-9-6-7-11(10-13)12(2,3)4/h1,11H,6-10H2,2-4H3. The Labute approximate surface area is 82.5 Å². The van der Waals surface area contributed by atoms with Crippen LogP contribution in [0.3, 0.4) is 0 Å². The minimum absolute atomic E-state index is 0.438. The number of nitrogens with zero attached hydrogens (tertiary/aromatic N) is 1. The van der Waals surface area contributed by atoms with Crippen LogP contribution in [0.15, 0.2) is 0 Å². The summed E-state index contributed by atoms with van der Waals surface area (Å²) in [6.07, 6.45) is 8.00. The zero-order chi connectivity index (χ0) is 9.90. The lowest BCUT2D eigenvalue weighted by atomic mass is 9.76. The zero-order valence-corrected chi connectivity index (χ0v) is 9.14. The molecule has 1 nitrogen and oxygen atoms in total. The van der Waals surface area contributed by atoms with Gasteiger partial charge in [-0.25, -0.2) is 0 Å². The molecular weight excluding hydrogens is 158 g/mol. The molecule has 1 aliphatic heterocycles. The minimum Gasteiger partial charge on any atom is -0.292 e. The fraction of sp³-hybridized carbons (Fsp3) is 0.833. The Bertz CT molecular complexity index is 194. The van der Waals surface area contributed by atoms with Crippen LogP contribution < -0.4 is 0 Å². The van der Waals surface area contributed by atoms with Gasteiger partial charge in [-0.15, -0.1) is 6.42 Å². The molecule has 74 valence electrons. The van der Waals surface area contributed by atoms with Crippen molar-refractivity contribution in [3.8, 4) is 12.3 Å². The molecule has 1 saturated heterocycles. The minimum atomic E-state index is 0.438. The first-order chi connectivity index (χ1) is 6.04. The Morgan fingerprint density at radius 1 is 1.46 bits per heavy atom. The first kappa shape index (κ1) is 10.6. The van der Waals surface area contributed by atoms with E-state index in [4.69, 9.17) is 6.42 Å². The molecule has 0 spiro atoms. The van der Waals surface area contributed by atoms with Crippen LogP contribution in [0.5, 0.6) is 0 Å². The van der Waals surface area contributed by atoms with Crippen molar-refractivity contribution in [1.29, 1.82) is 0 Å². The van der Waals surface area contributed by atoms with Crippen LogP contribution in [0.25, 0.3) is 0 Å². The van der Waals surface area contributed by atoms with Crippen molar-refractivity contribution < 1.29 is 0 Å². The lowest BCUT2D eigenvalue weighted by molar-refractivity contribution is 0.109. The number of hydrogen-bond acceptors (Lipinski definition) is 1. The van der Waals surface area contributed by atoms with E-state index in [0.29, 0.717) is 5.41 Å². The van der Waals surface area contributed by atoms with Crippen molar-refractivity contribution in [3.63, 3.8) is 0 Å². The maximum Gasteiger partial charge on any atom is 0.0599 e. The molecule has 1 rings (SSSR count). The van der Waals surface area contributed by atoms with Gasteiger partial charge < -0.3 is 0 Å². The summed E-state index contributed by atoms with van der Waals surface area (Å²) in [4.78, 5) is 2.40. The third kappa shape index (κ3) is 3.04. The molecular formula is C12H21N. The van der Waals surface area contributed by atoms with Crippen molar-refractivity contribution in [3.05, 3.63) is 0 Å². The maximum atomic E-state index is 5.32. The van der Waals surface area contributed by atoms with Gasteiger partial charge in [0, 0.05) is 6.54 Å². The summed E-state index contributed by atoms with van der Waals surface area (Å²) >= 11 is 0. The SMILES string of the molecule is C#CCN1CCCC(C(C)(C)C)C1. The lowest BCUT2D eigenvalue weighted by Crippen LogP contribution is -2.40. The first-order valence-electron chi connectivity index (χ1n) is 5.20. The van der Waals surface area contributed by atoms with E-state index in [0.717, 1.165) is 12.5 Å². The molecule has 0 aromatic heterocycles. The van der Waals surface area contributed by atoms with Crippen LogP contribution in [0.4, 0.5) is 0 Å². The predicted molar refractivity (Wildman–Crippen MR) is 57.5 cm³/mol. The van der Waals surface area contributed by atoms with Crippen LogP contribution in [0.1, 0.15) is 33.6 Å². The molecule has 0 radical (unpaired) electrons. The summed E-state index contributed by atoms with van der Waals surface area (Å²) in [6.45, 7) is 10.2. The van der Waals surface area contributed by atoms with E-state index in [1.165, 1.54) is 25.9 Å². The second kappa shape index (κ2) is 4.15. The Kier molecular flexibility index (Phi) is 3.39. The molecule has 0 aliphatic carbocycles. The topological polar surface area (TPSA) is 3.24 Å². The lowest BCUT2D eigenvalue weighted by Gasteiger charge is -2.39. The van der Waals surface area contributed by atoms with Crippen LogP contribution in [0.2, 0.25) is 0 Å². The van der Waals surface area contributed by atoms with Gasteiger partial charge in [0.1, 0.15) is 0 Å². The molecule has 1 aliphatic rings. The van der Waals surface area contributed by atoms with Gasteiger partial charge in [-0.1, -0.05) is 26.7 Å². The van der Waals surface area contributed by atoms with Gasteiger partial charge in [0.05, 0.1) is 6.54 Å². The molecule has 1 heterocycles. The molecule has 13 heavy (non-hydrogen) atoms. The van der Waals surface area contributed by atoms with E-state index in [1.54, 1.807) is 0 Å². The van der Waals surface area contributed by atoms with Gasteiger partial charge in [-0.05, 0) is 30.7 Å². The molecule has 1 unspecified atom stereocenters. The van der Waals surface area contributed by atoms with Gasteiger partial charge >= 0.3 is 0 Å². The zero-order valence-electron chi connectivity index (χ0n) is 9.14. The summed E-state index contributed by atoms with van der Waals surface area (Å²) in [6, 6.07) is 0. The van der Waals surface area contributed by atoms with E-state index >= 15 is 0 Å². The highest BCUT2D eigenvalue weighted by molar-refractivity contribution is 4.91. The Morgan fingerprint density at radius 2 is 2.15 bits per heavy atom. The van der Waals surface area contributed by atoms with E-state index in [9.17, 15) is 0 Å². The van der Waals surface area contributed by atoms with Crippen molar-refractivity contribution in [2.75, 3.05) is 19.6 Å². The Balaban J connectivity index is 2.48. The molecule has 0 aromatic rings. The first-order valence-corrected chi connectivity index (χ1v) is 5.20. The highest BCUT2D eigenvalue weighted by Gasteiger charge is 2.28. The average Bonchev–Trinajstić information content (AvgIpc) is 2.04. The van der Waals surface area contributed by atoms with Gasteiger partial charge in [0.2, 0.25) is 0 Å². The van der Waals surface area contributed by atoms with Gasteiger partial charge in [-0.2, -0.15) is 0 Å². The largest absolute Gasteiger partial charge is 0.292 e. The van der Waals surface area contributed by atoms with E-state index in [-0.39, 0.29) is 0 Å². The molecule has 0 saturated carbocycles. The Morgan fingerprint density at radius 3 is 2.69 bits per heavy atom. The smallest absolute Gasteiger partial charge is 0.0599 e. The van der Waals surface area contributed by atoms with E-state index in [2.05, 4.69) is 31.6 Å². The fourth-order valence-corrected chi connectivity index (χ4v) is 2.04. The summed E-state index contributed by atoms with van der Waals surface area (Å²) in [7, 11) is 0. The summed E-state index contributed by atoms with van der Waals surface area (Å²) in [5.41, 5.74) is 0.438. The summed E-state index contributed by atoms with van der Waals surface area (Å²) in [5.74, 6) is 3.55. The maximum absolute atomic E-state index is 5.32. The van der Waals surface area contributed by atoms with Gasteiger partial charge in [0.25, 0.3) is 0 Å². The molecule has 0 aromatic carbocycles. The van der Waals surface area contributed by atoms with E-state index < -0.39 is 0 Å². The quantitative estimate of drug-likeness (QED) is 0.559. The normalized spacial score (nSPS) is 25.5. The monoisotopic (exact) mass is 179 g/mol. The predicted octanol–water partition coefficient (Wildman–Crippen LogP) is 2.38. The van der Waals surface area contributed by atoms with Crippen molar-refractivity contribution in [2.24, 2.45) is 11.3 Å². The van der Waals surface area contributed by atoms with Gasteiger partial charge in [0.15, 0.2) is 0 Å². The van der Waals surface area contributed by atoms with Crippen molar-refractivity contribution >= 4 is 0 Å². The van der Waals surface area contributed by atoms with Crippen molar-refractivity contribution in [1.82, 2.24) is 4.90 Å². The highest BCUT2D eigenvalue weighted by Crippen LogP contribution is 2.32. The second-order valence-electron chi connectivity index (χ2n) is 5.14. The Hall–Kier alpha value is -0.480. The number of hydrogen-bond donors (Lipinski definition) is 0. The summed E-state index contributed by atoms with van der Waals surface area (Å²) < 4.78 is 0. The van der Waals surface area contributed by atoms with E-state index in [1.807, 2.05) is 0 Å². The van der Waals surface area contributed by atoms with Crippen LogP contribution in [-0.4, -0.2) is 24.5 Å². The third-order valence-electron chi connectivity index (χ3n) is 3.05. The number of piperidine rings is 1. The number of terminal acetylenes is 1. The van der Waals surface area contributed by atoms with Crippen LogP contribution in [0, 0.1) is 23.7 Å². The molecule has 0 N–H and O–H groups in total. The molecule has 0 amide bonds. The third-order valence-corrected chi connectivity index (χ3v) is 3.05. The molecule has 0 bridgehead atoms. The summed E-state index contributed by atoms with van der Waals surface area (Å²) in [5, 5.41) is 0. The van der Waals surface area contributed by atoms with Crippen molar-refractivity contribution in [2.45, 2.75) is 33.6 Å². The fourth-order valence-electron chi connectivity index (χ4n) is 2.04. The number of likely N-dealkylation sites (tertiary alicyclic amines) is 1.